The highest BCUT2D eigenvalue weighted by Gasteiger charge is 2.25. The maximum absolute atomic E-state index is 9.13. The van der Waals surface area contributed by atoms with E-state index in [1.54, 1.807) is 6.20 Å². The summed E-state index contributed by atoms with van der Waals surface area (Å²) in [5.41, 5.74) is 1.85. The molecule has 94 valence electrons. The normalized spacial score (nSPS) is 25.0. The minimum Gasteiger partial charge on any atom is -0.390 e. The van der Waals surface area contributed by atoms with Crippen molar-refractivity contribution in [2.24, 2.45) is 0 Å². The fourth-order valence-corrected chi connectivity index (χ4v) is 2.23. The van der Waals surface area contributed by atoms with Crippen LogP contribution in [0.2, 0.25) is 0 Å². The molecule has 1 N–H and O–H groups in total. The van der Waals surface area contributed by atoms with Gasteiger partial charge in [-0.05, 0) is 25.5 Å². The summed E-state index contributed by atoms with van der Waals surface area (Å²) in [5, 5.41) is 9.13. The number of hydrogen-bond acceptors (Lipinski definition) is 4. The van der Waals surface area contributed by atoms with Gasteiger partial charge in [0.25, 0.3) is 0 Å². The summed E-state index contributed by atoms with van der Waals surface area (Å²) in [4.78, 5) is 6.47. The van der Waals surface area contributed by atoms with Crippen molar-refractivity contribution in [1.82, 2.24) is 4.98 Å². The molecule has 1 aliphatic heterocycles. The number of aliphatic hydroxyl groups excluding tert-OH is 1. The molecule has 0 spiro atoms. The fourth-order valence-electron chi connectivity index (χ4n) is 2.23. The van der Waals surface area contributed by atoms with Crippen molar-refractivity contribution < 1.29 is 9.84 Å². The molecule has 2 atom stereocenters. The zero-order valence-electron chi connectivity index (χ0n) is 10.5. The lowest BCUT2D eigenvalue weighted by Crippen LogP contribution is -2.48. The van der Waals surface area contributed by atoms with E-state index in [0.29, 0.717) is 6.04 Å². The minimum atomic E-state index is -0.00940. The summed E-state index contributed by atoms with van der Waals surface area (Å²) in [6.45, 7) is 5.92. The van der Waals surface area contributed by atoms with Crippen LogP contribution in [-0.2, 0) is 11.3 Å². The number of aliphatic hydroxyl groups is 1. The molecule has 1 aromatic rings. The third-order valence-electron chi connectivity index (χ3n) is 3.23. The molecule has 1 aromatic heterocycles. The number of nitrogens with zero attached hydrogens (tertiary/aromatic N) is 2. The lowest BCUT2D eigenvalue weighted by Gasteiger charge is -2.40. The van der Waals surface area contributed by atoms with Gasteiger partial charge in [-0.2, -0.15) is 0 Å². The molecule has 4 nitrogen and oxygen atoms in total. The van der Waals surface area contributed by atoms with Gasteiger partial charge in [-0.1, -0.05) is 6.92 Å². The highest BCUT2D eigenvalue weighted by molar-refractivity contribution is 5.48. The average Bonchev–Trinajstić information content (AvgIpc) is 2.39. The second-order valence-corrected chi connectivity index (χ2v) is 4.52. The number of ether oxygens (including phenoxy) is 1. The first-order valence-electron chi connectivity index (χ1n) is 6.18. The zero-order chi connectivity index (χ0) is 12.3. The van der Waals surface area contributed by atoms with Gasteiger partial charge >= 0.3 is 0 Å². The van der Waals surface area contributed by atoms with Gasteiger partial charge in [0.1, 0.15) is 0 Å². The molecule has 0 bridgehead atoms. The van der Waals surface area contributed by atoms with E-state index in [2.05, 4.69) is 23.7 Å². The van der Waals surface area contributed by atoms with Crippen molar-refractivity contribution in [3.05, 3.63) is 24.0 Å². The van der Waals surface area contributed by atoms with Crippen LogP contribution in [0.25, 0.3) is 0 Å². The molecule has 0 radical (unpaired) electrons. The molecule has 1 aliphatic rings. The summed E-state index contributed by atoms with van der Waals surface area (Å²) < 4.78 is 5.68. The van der Waals surface area contributed by atoms with Crippen molar-refractivity contribution in [1.29, 1.82) is 0 Å². The monoisotopic (exact) mass is 236 g/mol. The number of morpholine rings is 1. The van der Waals surface area contributed by atoms with Crippen LogP contribution in [0, 0.1) is 0 Å². The summed E-state index contributed by atoms with van der Waals surface area (Å²) >= 11 is 0. The van der Waals surface area contributed by atoms with Crippen molar-refractivity contribution in [3.63, 3.8) is 0 Å². The molecular formula is C13H20N2O2. The predicted molar refractivity (Wildman–Crippen MR) is 67.0 cm³/mol. The highest BCUT2D eigenvalue weighted by Crippen LogP contribution is 2.23. The molecule has 1 saturated heterocycles. The van der Waals surface area contributed by atoms with Crippen molar-refractivity contribution >= 4 is 5.69 Å². The SMILES string of the molecule is CCC1COC(C)CN1c1ccnc(CO)c1. The highest BCUT2D eigenvalue weighted by atomic mass is 16.5. The fraction of sp³-hybridized carbons (Fsp3) is 0.615. The largest absolute Gasteiger partial charge is 0.390 e. The Morgan fingerprint density at radius 2 is 2.41 bits per heavy atom. The standard InChI is InChI=1S/C13H20N2O2/c1-3-12-9-17-10(2)7-15(12)13-4-5-14-11(6-13)8-16/h4-6,10,12,16H,3,7-9H2,1-2H3. The Morgan fingerprint density at radius 1 is 1.59 bits per heavy atom. The second-order valence-electron chi connectivity index (χ2n) is 4.52. The molecule has 2 unspecified atom stereocenters. The third-order valence-corrected chi connectivity index (χ3v) is 3.23. The minimum absolute atomic E-state index is 0.00940. The molecule has 2 heterocycles. The molecular weight excluding hydrogens is 216 g/mol. The van der Waals surface area contributed by atoms with Gasteiger partial charge < -0.3 is 14.7 Å². The molecule has 17 heavy (non-hydrogen) atoms. The quantitative estimate of drug-likeness (QED) is 0.865. The summed E-state index contributed by atoms with van der Waals surface area (Å²) in [5.74, 6) is 0. The third kappa shape index (κ3) is 2.76. The number of anilines is 1. The number of hydrogen-bond donors (Lipinski definition) is 1. The Labute approximate surface area is 102 Å². The van der Waals surface area contributed by atoms with E-state index in [1.165, 1.54) is 0 Å². The van der Waals surface area contributed by atoms with Crippen LogP contribution in [0.3, 0.4) is 0 Å². The molecule has 0 amide bonds. The van der Waals surface area contributed by atoms with Gasteiger partial charge in [0, 0.05) is 18.4 Å². The summed E-state index contributed by atoms with van der Waals surface area (Å²) in [6.07, 6.45) is 3.07. The Morgan fingerprint density at radius 3 is 3.12 bits per heavy atom. The van der Waals surface area contributed by atoms with Crippen LogP contribution in [0.1, 0.15) is 26.0 Å². The van der Waals surface area contributed by atoms with Crippen molar-refractivity contribution in [2.45, 2.75) is 39.0 Å². The van der Waals surface area contributed by atoms with E-state index in [1.807, 2.05) is 12.1 Å². The van der Waals surface area contributed by atoms with E-state index < -0.39 is 0 Å². The van der Waals surface area contributed by atoms with E-state index in [9.17, 15) is 0 Å². The van der Waals surface area contributed by atoms with Gasteiger partial charge in [0.2, 0.25) is 0 Å². The Balaban J connectivity index is 2.22. The topological polar surface area (TPSA) is 45.6 Å². The Bertz CT molecular complexity index is 370. The van der Waals surface area contributed by atoms with E-state index in [0.717, 1.165) is 31.0 Å². The zero-order valence-corrected chi connectivity index (χ0v) is 10.5. The first-order chi connectivity index (χ1) is 8.24. The maximum Gasteiger partial charge on any atom is 0.0853 e. The van der Waals surface area contributed by atoms with Crippen LogP contribution < -0.4 is 4.90 Å². The van der Waals surface area contributed by atoms with Gasteiger partial charge in [-0.25, -0.2) is 0 Å². The Hall–Kier alpha value is -1.13. The molecule has 1 fully saturated rings. The maximum atomic E-state index is 9.13. The number of pyridine rings is 1. The van der Waals surface area contributed by atoms with Gasteiger partial charge in [-0.15, -0.1) is 0 Å². The van der Waals surface area contributed by atoms with Crippen molar-refractivity contribution in [2.75, 3.05) is 18.1 Å². The van der Waals surface area contributed by atoms with Crippen molar-refractivity contribution in [3.8, 4) is 0 Å². The average molecular weight is 236 g/mol. The first kappa shape index (κ1) is 12.3. The lowest BCUT2D eigenvalue weighted by atomic mass is 10.1. The Kier molecular flexibility index (Phi) is 3.97. The molecule has 2 rings (SSSR count). The van der Waals surface area contributed by atoms with Crippen LogP contribution >= 0.6 is 0 Å². The smallest absolute Gasteiger partial charge is 0.0853 e. The van der Waals surface area contributed by atoms with Crippen LogP contribution in [0.4, 0.5) is 5.69 Å². The second kappa shape index (κ2) is 5.47. The van der Waals surface area contributed by atoms with Gasteiger partial charge in [-0.3, -0.25) is 4.98 Å². The van der Waals surface area contributed by atoms with E-state index >= 15 is 0 Å². The first-order valence-corrected chi connectivity index (χ1v) is 6.18. The predicted octanol–water partition coefficient (Wildman–Crippen LogP) is 1.58. The van der Waals surface area contributed by atoms with E-state index in [4.69, 9.17) is 9.84 Å². The van der Waals surface area contributed by atoms with Gasteiger partial charge in [0.15, 0.2) is 0 Å². The number of rotatable bonds is 3. The summed E-state index contributed by atoms with van der Waals surface area (Å²) in [7, 11) is 0. The van der Waals surface area contributed by atoms with Crippen LogP contribution in [-0.4, -0.2) is 35.4 Å². The molecule has 0 saturated carbocycles. The molecule has 0 aliphatic carbocycles. The lowest BCUT2D eigenvalue weighted by molar-refractivity contribution is 0.0299. The van der Waals surface area contributed by atoms with Crippen LogP contribution in [0.5, 0.6) is 0 Å². The van der Waals surface area contributed by atoms with Gasteiger partial charge in [0.05, 0.1) is 31.1 Å². The van der Waals surface area contributed by atoms with E-state index in [-0.39, 0.29) is 12.7 Å². The molecule has 4 heteroatoms. The molecule has 0 aromatic carbocycles. The van der Waals surface area contributed by atoms with Crippen LogP contribution in [0.15, 0.2) is 18.3 Å². The summed E-state index contributed by atoms with van der Waals surface area (Å²) in [6, 6.07) is 4.38. The number of aromatic nitrogens is 1.